The Bertz CT molecular complexity index is 2130. The zero-order chi connectivity index (χ0) is 42.5. The average molecular weight is 832 g/mol. The minimum Gasteiger partial charge on any atom is -0.699 e. The van der Waals surface area contributed by atoms with Gasteiger partial charge in [-0.05, 0) is 69.2 Å². The van der Waals surface area contributed by atoms with Crippen LogP contribution in [-0.2, 0) is 38.2 Å². The van der Waals surface area contributed by atoms with Crippen molar-refractivity contribution >= 4 is 34.1 Å². The molecule has 0 fully saturated rings. The molecule has 0 saturated carbocycles. The fourth-order valence-electron chi connectivity index (χ4n) is 6.24. The number of nitrogens with zero attached hydrogens (tertiary/aromatic N) is 2. The molecule has 0 heterocycles. The standard InChI is InChI=1S/2C26H30N2O.Ni/c2*1-25(2,3)18-16-20(26(4,5)6)24(27)22(17-18)28-21-14-10-11-15-23(21)29-19-12-8-7-9-13-19;/h2*7-17,27H,1-6H3;/q2*-2;. The van der Waals surface area contributed by atoms with Gasteiger partial charge < -0.3 is 31.6 Å². The summed E-state index contributed by atoms with van der Waals surface area (Å²) in [6.07, 6.45) is 0. The summed E-state index contributed by atoms with van der Waals surface area (Å²) in [4.78, 5) is 0. The summed E-state index contributed by atoms with van der Waals surface area (Å²) in [5.41, 5.74) is 25.4. The Morgan fingerprint density at radius 1 is 0.373 bits per heavy atom. The van der Waals surface area contributed by atoms with Crippen molar-refractivity contribution in [1.29, 1.82) is 0 Å². The summed E-state index contributed by atoms with van der Waals surface area (Å²) in [6, 6.07) is 43.2. The van der Waals surface area contributed by atoms with Gasteiger partial charge in [0.1, 0.15) is 23.0 Å². The van der Waals surface area contributed by atoms with Crippen molar-refractivity contribution in [2.24, 2.45) is 0 Å². The molecule has 0 aliphatic carbocycles. The third-order valence-corrected chi connectivity index (χ3v) is 9.74. The topological polar surface area (TPSA) is 94.3 Å². The second-order valence-electron chi connectivity index (χ2n) is 18.8. The molecule has 7 heteroatoms. The van der Waals surface area contributed by atoms with Gasteiger partial charge in [0.15, 0.2) is 0 Å². The molecule has 6 nitrogen and oxygen atoms in total. The average Bonchev–Trinajstić information content (AvgIpc) is 3.14. The molecule has 0 atom stereocenters. The van der Waals surface area contributed by atoms with Gasteiger partial charge in [0.25, 0.3) is 0 Å². The van der Waals surface area contributed by atoms with E-state index in [2.05, 4.69) is 95.2 Å². The minimum absolute atomic E-state index is 0. The van der Waals surface area contributed by atoms with E-state index in [9.17, 15) is 0 Å². The Morgan fingerprint density at radius 3 is 0.983 bits per heavy atom. The van der Waals surface area contributed by atoms with Crippen molar-refractivity contribution in [3.63, 3.8) is 0 Å². The van der Waals surface area contributed by atoms with Gasteiger partial charge in [0.2, 0.25) is 0 Å². The molecule has 0 spiro atoms. The second kappa shape index (κ2) is 18.7. The van der Waals surface area contributed by atoms with Gasteiger partial charge in [-0.1, -0.05) is 203 Å². The van der Waals surface area contributed by atoms with Crippen LogP contribution in [-0.4, -0.2) is 0 Å². The van der Waals surface area contributed by atoms with Gasteiger partial charge in [-0.3, -0.25) is 0 Å². The van der Waals surface area contributed by atoms with Crippen LogP contribution in [0.3, 0.4) is 0 Å². The number of hydrogen-bond donors (Lipinski definition) is 0. The molecule has 6 aromatic rings. The van der Waals surface area contributed by atoms with E-state index in [1.54, 1.807) is 0 Å². The van der Waals surface area contributed by atoms with Crippen LogP contribution in [0.2, 0.25) is 0 Å². The molecule has 2 N–H and O–H groups in total. The first-order valence-corrected chi connectivity index (χ1v) is 20.0. The van der Waals surface area contributed by atoms with Crippen molar-refractivity contribution in [1.82, 2.24) is 0 Å². The van der Waals surface area contributed by atoms with E-state index < -0.39 is 0 Å². The molecule has 0 bridgehead atoms. The molecule has 0 aromatic heterocycles. The van der Waals surface area contributed by atoms with Crippen LogP contribution in [0.5, 0.6) is 23.0 Å². The predicted octanol–water partition coefficient (Wildman–Crippen LogP) is 18.2. The van der Waals surface area contributed by atoms with Gasteiger partial charge in [-0.15, -0.1) is 0 Å². The fourth-order valence-corrected chi connectivity index (χ4v) is 6.24. The molecule has 314 valence electrons. The number of benzene rings is 6. The summed E-state index contributed by atoms with van der Waals surface area (Å²) in [7, 11) is 0. The first kappa shape index (κ1) is 46.3. The van der Waals surface area contributed by atoms with Crippen LogP contribution < -0.4 is 9.47 Å². The Kier molecular flexibility index (Phi) is 14.7. The van der Waals surface area contributed by atoms with E-state index in [0.717, 1.165) is 34.0 Å². The molecule has 59 heavy (non-hydrogen) atoms. The molecule has 0 aliphatic rings. The van der Waals surface area contributed by atoms with Crippen LogP contribution in [0.25, 0.3) is 22.1 Å². The van der Waals surface area contributed by atoms with E-state index in [4.69, 9.17) is 31.6 Å². The minimum atomic E-state index is -0.136. The summed E-state index contributed by atoms with van der Waals surface area (Å²) in [5.74, 6) is 2.88. The normalized spacial score (nSPS) is 11.7. The van der Waals surface area contributed by atoms with Crippen molar-refractivity contribution in [2.75, 3.05) is 0 Å². The molecule has 6 rings (SSSR count). The van der Waals surface area contributed by atoms with Crippen molar-refractivity contribution in [2.45, 2.75) is 105 Å². The molecule has 0 saturated heterocycles. The maximum absolute atomic E-state index is 8.81. The van der Waals surface area contributed by atoms with E-state index >= 15 is 0 Å². The Hall–Kier alpha value is -5.39. The van der Waals surface area contributed by atoms with E-state index in [-0.39, 0.29) is 38.2 Å². The molecule has 0 unspecified atom stereocenters. The zero-order valence-corrected chi connectivity index (χ0v) is 37.7. The van der Waals surface area contributed by atoms with Crippen molar-refractivity contribution in [3.8, 4) is 23.0 Å². The Morgan fingerprint density at radius 2 is 0.678 bits per heavy atom. The number of nitrogens with one attached hydrogen (secondary N) is 2. The van der Waals surface area contributed by atoms with Crippen LogP contribution in [0.1, 0.15) is 105 Å². The Labute approximate surface area is 364 Å². The van der Waals surface area contributed by atoms with E-state index in [1.807, 2.05) is 121 Å². The zero-order valence-electron chi connectivity index (χ0n) is 36.7. The van der Waals surface area contributed by atoms with Gasteiger partial charge in [-0.2, -0.15) is 22.7 Å². The van der Waals surface area contributed by atoms with Crippen LogP contribution in [0, 0.1) is 0 Å². The number of para-hydroxylation sites is 6. The van der Waals surface area contributed by atoms with E-state index in [1.165, 1.54) is 11.1 Å². The van der Waals surface area contributed by atoms with E-state index in [0.29, 0.717) is 34.2 Å². The summed E-state index contributed by atoms with van der Waals surface area (Å²) < 4.78 is 12.1. The SMILES string of the molecule is CC(C)(C)c1cc([N-]c2ccccc2Oc2ccccc2)c([NH-])c(C(C)(C)C)c1.CC(C)(C)c1cc([N-]c2ccccc2Oc2ccccc2)c([NH-])c(C(C)(C)C)c1.[Ni]. The van der Waals surface area contributed by atoms with Gasteiger partial charge in [0.05, 0.1) is 0 Å². The molecule has 0 radical (unpaired) electrons. The second-order valence-corrected chi connectivity index (χ2v) is 18.8. The molecule has 6 aromatic carbocycles. The third-order valence-electron chi connectivity index (χ3n) is 9.74. The number of ether oxygens (including phenoxy) is 2. The molecular weight excluding hydrogens is 771 g/mol. The summed E-state index contributed by atoms with van der Waals surface area (Å²) in [5, 5.41) is 9.75. The summed E-state index contributed by atoms with van der Waals surface area (Å²) >= 11 is 0. The fraction of sp³-hybridized carbons (Fsp3) is 0.308. The van der Waals surface area contributed by atoms with Gasteiger partial charge in [-0.25, -0.2) is 0 Å². The largest absolute Gasteiger partial charge is 0.699 e. The molecule has 0 aliphatic heterocycles. The quantitative estimate of drug-likeness (QED) is 0.143. The van der Waals surface area contributed by atoms with Crippen LogP contribution in [0.4, 0.5) is 34.1 Å². The van der Waals surface area contributed by atoms with Crippen molar-refractivity contribution < 1.29 is 26.0 Å². The smallest absolute Gasteiger partial charge is 0.127 e. The first-order chi connectivity index (χ1) is 27.1. The van der Waals surface area contributed by atoms with Gasteiger partial charge >= 0.3 is 0 Å². The van der Waals surface area contributed by atoms with Crippen LogP contribution in [0.15, 0.2) is 133 Å². The molecular formula is C52H60N4NiO2-4. The van der Waals surface area contributed by atoms with Gasteiger partial charge in [0, 0.05) is 16.5 Å². The monoisotopic (exact) mass is 830 g/mol. The number of rotatable bonds is 8. The van der Waals surface area contributed by atoms with Crippen molar-refractivity contribution in [3.05, 3.63) is 178 Å². The summed E-state index contributed by atoms with van der Waals surface area (Å²) in [6.45, 7) is 26.0. The Balaban J connectivity index is 0.000000256. The first-order valence-electron chi connectivity index (χ1n) is 20.0. The maximum atomic E-state index is 8.81. The third kappa shape index (κ3) is 12.3. The predicted molar refractivity (Wildman–Crippen MR) is 247 cm³/mol. The number of hydrogen-bond acceptors (Lipinski definition) is 2. The van der Waals surface area contributed by atoms with Crippen LogP contribution >= 0.6 is 0 Å². The molecule has 0 amide bonds. The maximum Gasteiger partial charge on any atom is 0.127 e.